The van der Waals surface area contributed by atoms with Crippen molar-refractivity contribution < 1.29 is 27.8 Å². The fourth-order valence-corrected chi connectivity index (χ4v) is 3.45. The van der Waals surface area contributed by atoms with Crippen LogP contribution < -0.4 is 9.47 Å². The molecule has 7 nitrogen and oxygen atoms in total. The molecule has 0 saturated heterocycles. The fraction of sp³-hybridized carbons (Fsp3) is 0.250. The molecule has 8 heteroatoms. The minimum atomic E-state index is -3.92. The maximum atomic E-state index is 12.8. The van der Waals surface area contributed by atoms with Crippen LogP contribution >= 0.6 is 0 Å². The summed E-state index contributed by atoms with van der Waals surface area (Å²) >= 11 is 0. The Balaban J connectivity index is 2.09. The second-order valence-corrected chi connectivity index (χ2v) is 7.80. The minimum Gasteiger partial charge on any atom is -0.508 e. The first-order valence-electron chi connectivity index (χ1n) is 8.37. The van der Waals surface area contributed by atoms with E-state index in [0.717, 1.165) is 4.31 Å². The van der Waals surface area contributed by atoms with Crippen molar-refractivity contribution in [2.75, 3.05) is 13.7 Å². The number of hydrogen-bond donors (Lipinski definition) is 1. The molecule has 0 aliphatic carbocycles. The number of ether oxygens (including phenoxy) is 2. The van der Waals surface area contributed by atoms with E-state index in [-0.39, 0.29) is 23.0 Å². The molecule has 0 saturated carbocycles. The van der Waals surface area contributed by atoms with Gasteiger partial charge in [0.1, 0.15) is 29.9 Å². The fourth-order valence-electron chi connectivity index (χ4n) is 2.14. The monoisotopic (exact) mass is 403 g/mol. The molecular formula is C20H21NO6S. The lowest BCUT2D eigenvalue weighted by Crippen LogP contribution is -2.42. The number of likely N-dealkylation sites (N-methyl/N-ethyl adjacent to an activating group) is 1. The van der Waals surface area contributed by atoms with E-state index in [2.05, 4.69) is 11.8 Å². The zero-order chi connectivity index (χ0) is 20.7. The quantitative estimate of drug-likeness (QED) is 0.434. The van der Waals surface area contributed by atoms with Gasteiger partial charge in [-0.1, -0.05) is 5.92 Å². The van der Waals surface area contributed by atoms with Crippen molar-refractivity contribution in [1.29, 1.82) is 0 Å². The Morgan fingerprint density at radius 1 is 1.11 bits per heavy atom. The summed E-state index contributed by atoms with van der Waals surface area (Å²) in [4.78, 5) is 12.3. The number of rotatable bonds is 7. The number of aromatic hydroxyl groups is 1. The van der Waals surface area contributed by atoms with Gasteiger partial charge in [0, 0.05) is 7.05 Å². The summed E-state index contributed by atoms with van der Waals surface area (Å²) in [7, 11) is -2.61. The molecule has 0 radical (unpaired) electrons. The molecule has 2 aromatic rings. The molecule has 2 aromatic carbocycles. The van der Waals surface area contributed by atoms with Gasteiger partial charge in [-0.2, -0.15) is 4.31 Å². The van der Waals surface area contributed by atoms with Crippen LogP contribution in [0, 0.1) is 11.8 Å². The van der Waals surface area contributed by atoms with Gasteiger partial charge in [-0.25, -0.2) is 13.2 Å². The van der Waals surface area contributed by atoms with E-state index in [1.54, 1.807) is 6.92 Å². The molecule has 0 spiro atoms. The molecule has 1 unspecified atom stereocenters. The summed E-state index contributed by atoms with van der Waals surface area (Å²) in [6, 6.07) is 10.3. The average Bonchev–Trinajstić information content (AvgIpc) is 2.69. The molecule has 0 aromatic heterocycles. The Labute approximate surface area is 164 Å². The Morgan fingerprint density at radius 3 is 2.25 bits per heavy atom. The number of carbonyl (C=O) groups is 1. The van der Waals surface area contributed by atoms with E-state index < -0.39 is 22.0 Å². The van der Waals surface area contributed by atoms with Gasteiger partial charge in [0.25, 0.3) is 0 Å². The Bertz CT molecular complexity index is 972. The number of phenolic OH excluding ortho intramolecular Hbond substituents is 1. The van der Waals surface area contributed by atoms with Gasteiger partial charge < -0.3 is 14.6 Å². The highest BCUT2D eigenvalue weighted by Crippen LogP contribution is 2.22. The first kappa shape index (κ1) is 21.3. The third kappa shape index (κ3) is 5.25. The largest absolute Gasteiger partial charge is 0.508 e. The van der Waals surface area contributed by atoms with E-state index >= 15 is 0 Å². The van der Waals surface area contributed by atoms with Crippen molar-refractivity contribution in [2.45, 2.75) is 24.8 Å². The third-order valence-corrected chi connectivity index (χ3v) is 5.87. The van der Waals surface area contributed by atoms with E-state index in [0.29, 0.717) is 5.75 Å². The number of hydrogen-bond acceptors (Lipinski definition) is 6. The summed E-state index contributed by atoms with van der Waals surface area (Å²) in [5.41, 5.74) is 0. The summed E-state index contributed by atoms with van der Waals surface area (Å²) < 4.78 is 37.0. The maximum Gasteiger partial charge on any atom is 0.329 e. The van der Waals surface area contributed by atoms with E-state index in [1.807, 2.05) is 0 Å². The van der Waals surface area contributed by atoms with Crippen LogP contribution in [0.3, 0.4) is 0 Å². The molecule has 0 fully saturated rings. The number of sulfonamides is 1. The van der Waals surface area contributed by atoms with Crippen LogP contribution in [0.2, 0.25) is 0 Å². The number of benzene rings is 2. The summed E-state index contributed by atoms with van der Waals surface area (Å²) in [6.45, 7) is 3.34. The smallest absolute Gasteiger partial charge is 0.329 e. The summed E-state index contributed by atoms with van der Waals surface area (Å²) in [6.07, 6.45) is 0. The number of nitrogens with zero attached hydrogens (tertiary/aromatic N) is 1. The molecule has 0 aliphatic rings. The molecule has 148 valence electrons. The Morgan fingerprint density at radius 2 is 1.68 bits per heavy atom. The number of carbonyl (C=O) groups excluding carboxylic acids is 1. The predicted molar refractivity (Wildman–Crippen MR) is 104 cm³/mol. The van der Waals surface area contributed by atoms with Crippen molar-refractivity contribution >= 4 is 16.0 Å². The van der Waals surface area contributed by atoms with E-state index in [4.69, 9.17) is 9.47 Å². The topological polar surface area (TPSA) is 93.1 Å². The van der Waals surface area contributed by atoms with Crippen LogP contribution in [0.5, 0.6) is 17.2 Å². The van der Waals surface area contributed by atoms with Crippen LogP contribution in [-0.2, 0) is 14.8 Å². The molecule has 1 N–H and O–H groups in total. The summed E-state index contributed by atoms with van der Waals surface area (Å²) in [5.74, 6) is 5.43. The number of phenols is 1. The van der Waals surface area contributed by atoms with Gasteiger partial charge in [0.05, 0.1) is 4.90 Å². The van der Waals surface area contributed by atoms with Gasteiger partial charge in [-0.15, -0.1) is 5.92 Å². The van der Waals surface area contributed by atoms with Gasteiger partial charge in [-0.3, -0.25) is 0 Å². The highest BCUT2D eigenvalue weighted by atomic mass is 32.2. The van der Waals surface area contributed by atoms with Crippen molar-refractivity contribution in [1.82, 2.24) is 4.31 Å². The highest BCUT2D eigenvalue weighted by Gasteiger charge is 2.31. The Kier molecular flexibility index (Phi) is 7.04. The van der Waals surface area contributed by atoms with Gasteiger partial charge in [0.2, 0.25) is 10.0 Å². The van der Waals surface area contributed by atoms with Crippen LogP contribution in [0.1, 0.15) is 13.8 Å². The van der Waals surface area contributed by atoms with Crippen LogP contribution in [0.4, 0.5) is 0 Å². The van der Waals surface area contributed by atoms with Gasteiger partial charge in [-0.05, 0) is 62.4 Å². The van der Waals surface area contributed by atoms with Crippen molar-refractivity contribution in [3.05, 3.63) is 48.5 Å². The Hall–Kier alpha value is -3.02. The molecule has 0 aliphatic heterocycles. The van der Waals surface area contributed by atoms with E-state index in [9.17, 15) is 18.3 Å². The second kappa shape index (κ2) is 9.26. The molecule has 1 atom stereocenters. The van der Waals surface area contributed by atoms with Crippen molar-refractivity contribution in [3.8, 4) is 29.1 Å². The molecule has 0 amide bonds. The molecule has 28 heavy (non-hydrogen) atoms. The highest BCUT2D eigenvalue weighted by molar-refractivity contribution is 7.89. The SMILES string of the molecule is CC#CCOc1ccc(S(=O)(=O)N(C)C(C)C(=O)Oc2ccc(O)cc2)cc1. The number of esters is 1. The molecule has 0 heterocycles. The molecular weight excluding hydrogens is 382 g/mol. The lowest BCUT2D eigenvalue weighted by molar-refractivity contribution is -0.137. The first-order valence-corrected chi connectivity index (χ1v) is 9.81. The molecule has 2 rings (SSSR count). The standard InChI is InChI=1S/C20H21NO6S/c1-4-5-14-26-17-10-12-19(13-11-17)28(24,25)21(3)15(2)20(23)27-18-8-6-16(22)7-9-18/h6-13,15,22H,14H2,1-3H3. The molecule has 0 bridgehead atoms. The maximum absolute atomic E-state index is 12.8. The average molecular weight is 403 g/mol. The van der Waals surface area contributed by atoms with Gasteiger partial charge in [0.15, 0.2) is 0 Å². The zero-order valence-electron chi connectivity index (χ0n) is 15.7. The van der Waals surface area contributed by atoms with Crippen LogP contribution in [0.15, 0.2) is 53.4 Å². The first-order chi connectivity index (χ1) is 13.3. The summed E-state index contributed by atoms with van der Waals surface area (Å²) in [5, 5.41) is 9.26. The van der Waals surface area contributed by atoms with Crippen LogP contribution in [0.25, 0.3) is 0 Å². The predicted octanol–water partition coefficient (Wildman–Crippen LogP) is 2.41. The lowest BCUT2D eigenvalue weighted by atomic mass is 10.3. The van der Waals surface area contributed by atoms with Crippen LogP contribution in [-0.4, -0.2) is 43.5 Å². The zero-order valence-corrected chi connectivity index (χ0v) is 16.6. The van der Waals surface area contributed by atoms with Crippen molar-refractivity contribution in [3.63, 3.8) is 0 Å². The minimum absolute atomic E-state index is 0.0215. The third-order valence-electron chi connectivity index (χ3n) is 3.93. The van der Waals surface area contributed by atoms with E-state index in [1.165, 1.54) is 62.5 Å². The van der Waals surface area contributed by atoms with Gasteiger partial charge >= 0.3 is 5.97 Å². The second-order valence-electron chi connectivity index (χ2n) is 5.80. The van der Waals surface area contributed by atoms with Crippen molar-refractivity contribution in [2.24, 2.45) is 0 Å². The normalized spacial score (nSPS) is 12.0. The lowest BCUT2D eigenvalue weighted by Gasteiger charge is -2.23.